The van der Waals surface area contributed by atoms with Gasteiger partial charge in [0, 0.05) is 31.6 Å². The van der Waals surface area contributed by atoms with Crippen molar-refractivity contribution in [2.24, 2.45) is 5.92 Å². The fraction of sp³-hybridized carbons (Fsp3) is 0.409. The summed E-state index contributed by atoms with van der Waals surface area (Å²) in [7, 11) is 0. The number of amides is 2. The number of nitrogens with one attached hydrogen (secondary N) is 2. The molecule has 168 valence electrons. The quantitative estimate of drug-likeness (QED) is 0.548. The molecule has 1 aromatic carbocycles. The van der Waals surface area contributed by atoms with Gasteiger partial charge in [-0.3, -0.25) is 9.59 Å². The third kappa shape index (κ3) is 6.92. The van der Waals surface area contributed by atoms with Gasteiger partial charge >= 0.3 is 0 Å². The van der Waals surface area contributed by atoms with Crippen LogP contribution in [0.1, 0.15) is 36.9 Å². The normalized spacial score (nSPS) is 18.2. The number of carbonyl (C=O) groups is 2. The number of aromatic amines is 1. The van der Waals surface area contributed by atoms with Crippen LogP contribution in [0.4, 0.5) is 4.39 Å². The number of carbonyl (C=O) groups excluding carboxylic acids is 2. The molecule has 0 aliphatic carbocycles. The van der Waals surface area contributed by atoms with Crippen LogP contribution in [0.2, 0.25) is 0 Å². The lowest BCUT2D eigenvalue weighted by atomic mass is 10.1. The van der Waals surface area contributed by atoms with Gasteiger partial charge in [-0.05, 0) is 39.5 Å². The predicted molar refractivity (Wildman–Crippen MR) is 119 cm³/mol. The molecule has 2 atom stereocenters. The molecule has 9 heteroatoms. The highest BCUT2D eigenvalue weighted by Crippen LogP contribution is 2.44. The van der Waals surface area contributed by atoms with E-state index in [4.69, 9.17) is 0 Å². The number of hydrogen-bond acceptors (Lipinski definition) is 3. The summed E-state index contributed by atoms with van der Waals surface area (Å²) in [6, 6.07) is 10.6. The lowest BCUT2D eigenvalue weighted by Gasteiger charge is -2.23. The van der Waals surface area contributed by atoms with Crippen molar-refractivity contribution in [3.05, 3.63) is 64.1 Å². The minimum atomic E-state index is -0.453. The third-order valence-electron chi connectivity index (χ3n) is 4.84. The third-order valence-corrected chi connectivity index (χ3v) is 6.93. The van der Waals surface area contributed by atoms with Crippen molar-refractivity contribution in [1.82, 2.24) is 10.2 Å². The van der Waals surface area contributed by atoms with Gasteiger partial charge in [0.05, 0.1) is 16.1 Å². The smallest absolute Gasteiger partial charge is 0.237 e. The maximum absolute atomic E-state index is 13.7. The summed E-state index contributed by atoms with van der Waals surface area (Å²) in [5, 5.41) is 2.17. The molecule has 1 aromatic heterocycles. The number of halogens is 3. The molecule has 0 bridgehead atoms. The maximum Gasteiger partial charge on any atom is 0.237 e. The van der Waals surface area contributed by atoms with Gasteiger partial charge in [0.15, 0.2) is 11.9 Å². The second kappa shape index (κ2) is 11.8. The number of aromatic nitrogens is 1. The Morgan fingerprint density at radius 3 is 2.74 bits per heavy atom. The zero-order valence-electron chi connectivity index (χ0n) is 17.4. The maximum atomic E-state index is 13.7. The minimum absolute atomic E-state index is 0. The van der Waals surface area contributed by atoms with Gasteiger partial charge in [0.25, 0.3) is 0 Å². The fourth-order valence-electron chi connectivity index (χ4n) is 3.26. The van der Waals surface area contributed by atoms with Crippen molar-refractivity contribution < 1.29 is 31.4 Å². The van der Waals surface area contributed by atoms with Crippen molar-refractivity contribution >= 4 is 39.5 Å². The molecule has 1 aliphatic heterocycles. The Balaban J connectivity index is 0.00000341. The van der Waals surface area contributed by atoms with Crippen molar-refractivity contribution in [3.8, 4) is 0 Å². The van der Waals surface area contributed by atoms with Crippen LogP contribution in [-0.4, -0.2) is 35.1 Å². The van der Waals surface area contributed by atoms with E-state index >= 15 is 0 Å². The van der Waals surface area contributed by atoms with Gasteiger partial charge in [-0.25, -0.2) is 9.37 Å². The predicted octanol–water partition coefficient (Wildman–Crippen LogP) is 0.754. The molecule has 2 unspecified atom stereocenters. The zero-order valence-corrected chi connectivity index (χ0v) is 20.6. The Morgan fingerprint density at radius 2 is 2.10 bits per heavy atom. The summed E-state index contributed by atoms with van der Waals surface area (Å²) in [6.07, 6.45) is 2.66. The van der Waals surface area contributed by atoms with E-state index in [0.717, 1.165) is 11.3 Å². The first kappa shape index (κ1) is 25.6. The highest BCUT2D eigenvalue weighted by Gasteiger charge is 2.42. The van der Waals surface area contributed by atoms with Crippen molar-refractivity contribution in [2.75, 3.05) is 13.1 Å². The summed E-state index contributed by atoms with van der Waals surface area (Å²) in [5.74, 6) is -0.167. The molecule has 31 heavy (non-hydrogen) atoms. The average molecular weight is 531 g/mol. The SMILES string of the molecule is CC(C)CNC(=O)CC1SC(c2ccc(F)c(Br)c2)N(CCc2cccc[nH+]2)C1=O.[Cl-]. The number of thioether (sulfide) groups is 1. The van der Waals surface area contributed by atoms with E-state index in [0.29, 0.717) is 29.9 Å². The molecule has 2 N–H and O–H groups in total. The molecule has 1 fully saturated rings. The average Bonchev–Trinajstić information content (AvgIpc) is 3.03. The van der Waals surface area contributed by atoms with E-state index in [9.17, 15) is 14.0 Å². The lowest BCUT2D eigenvalue weighted by Crippen LogP contribution is -3.00. The van der Waals surface area contributed by atoms with Gasteiger partial charge in [-0.2, -0.15) is 0 Å². The minimum Gasteiger partial charge on any atom is -1.00 e. The first-order chi connectivity index (χ1) is 14.3. The van der Waals surface area contributed by atoms with Gasteiger partial charge in [-0.15, -0.1) is 11.8 Å². The highest BCUT2D eigenvalue weighted by molar-refractivity contribution is 9.10. The van der Waals surface area contributed by atoms with Crippen LogP contribution in [-0.2, 0) is 16.0 Å². The topological polar surface area (TPSA) is 63.6 Å². The number of pyridine rings is 1. The molecule has 1 aliphatic rings. The summed E-state index contributed by atoms with van der Waals surface area (Å²) >= 11 is 4.69. The van der Waals surface area contributed by atoms with Crippen LogP contribution in [0.15, 0.2) is 47.1 Å². The molecule has 0 spiro atoms. The number of H-pyrrole nitrogens is 1. The molecular formula is C22H26BrClFN3O2S. The molecule has 5 nitrogen and oxygen atoms in total. The van der Waals surface area contributed by atoms with Crippen molar-refractivity contribution in [3.63, 3.8) is 0 Å². The summed E-state index contributed by atoms with van der Waals surface area (Å²) in [5.41, 5.74) is 1.86. The summed E-state index contributed by atoms with van der Waals surface area (Å²) in [6.45, 7) is 5.16. The Labute approximate surface area is 201 Å². The molecule has 0 radical (unpaired) electrons. The Bertz CT molecular complexity index is 904. The molecule has 1 saturated heterocycles. The van der Waals surface area contributed by atoms with Gasteiger partial charge < -0.3 is 22.6 Å². The fourth-order valence-corrected chi connectivity index (χ4v) is 5.13. The number of benzene rings is 1. The molecule has 2 heterocycles. The molecule has 2 amide bonds. The van der Waals surface area contributed by atoms with Crippen molar-refractivity contribution in [2.45, 2.75) is 37.3 Å². The highest BCUT2D eigenvalue weighted by atomic mass is 79.9. The second-order valence-corrected chi connectivity index (χ2v) is 9.86. The van der Waals surface area contributed by atoms with E-state index in [1.165, 1.54) is 17.8 Å². The second-order valence-electron chi connectivity index (χ2n) is 7.72. The van der Waals surface area contributed by atoms with E-state index in [-0.39, 0.29) is 41.8 Å². The number of rotatable bonds is 8. The molecule has 2 aromatic rings. The van der Waals surface area contributed by atoms with Crippen LogP contribution in [0.5, 0.6) is 0 Å². The van der Waals surface area contributed by atoms with Crippen molar-refractivity contribution in [1.29, 1.82) is 0 Å². The van der Waals surface area contributed by atoms with Crippen LogP contribution < -0.4 is 22.7 Å². The van der Waals surface area contributed by atoms with E-state index in [1.54, 1.807) is 17.0 Å². The van der Waals surface area contributed by atoms with Crippen LogP contribution >= 0.6 is 27.7 Å². The lowest BCUT2D eigenvalue weighted by molar-refractivity contribution is -0.390. The monoisotopic (exact) mass is 529 g/mol. The standard InChI is InChI=1S/C22H25BrFN3O2S.ClH/c1-14(2)13-26-20(28)12-19-21(29)27(10-8-16-5-3-4-9-25-16)22(30-19)15-6-7-18(24)17(23)11-15;/h3-7,9,11,14,19,22H,8,10,12-13H2,1-2H3,(H,26,28);1H. The summed E-state index contributed by atoms with van der Waals surface area (Å²) in [4.78, 5) is 30.5. The molecular weight excluding hydrogens is 505 g/mol. The van der Waals surface area contributed by atoms with Crippen LogP contribution in [0.25, 0.3) is 0 Å². The Kier molecular flexibility index (Phi) is 9.78. The number of nitrogens with zero attached hydrogens (tertiary/aromatic N) is 1. The first-order valence-corrected chi connectivity index (χ1v) is 11.7. The van der Waals surface area contributed by atoms with E-state index in [1.807, 2.05) is 38.2 Å². The van der Waals surface area contributed by atoms with Gasteiger partial charge in [-0.1, -0.05) is 26.0 Å². The first-order valence-electron chi connectivity index (χ1n) is 9.98. The van der Waals surface area contributed by atoms with Gasteiger partial charge in [0.2, 0.25) is 11.8 Å². The Morgan fingerprint density at radius 1 is 1.32 bits per heavy atom. The van der Waals surface area contributed by atoms with E-state index < -0.39 is 5.25 Å². The molecule has 0 saturated carbocycles. The summed E-state index contributed by atoms with van der Waals surface area (Å²) < 4.78 is 14.1. The van der Waals surface area contributed by atoms with Crippen LogP contribution in [0, 0.1) is 11.7 Å². The number of hydrogen-bond donors (Lipinski definition) is 1. The van der Waals surface area contributed by atoms with E-state index in [2.05, 4.69) is 26.2 Å². The largest absolute Gasteiger partial charge is 1.00 e. The van der Waals surface area contributed by atoms with Crippen LogP contribution in [0.3, 0.4) is 0 Å². The van der Waals surface area contributed by atoms with Gasteiger partial charge in [0.1, 0.15) is 11.2 Å². The Hall–Kier alpha value is -1.64. The molecule has 3 rings (SSSR count). The zero-order chi connectivity index (χ0) is 21.7.